The molecule has 0 aliphatic heterocycles. The SMILES string of the molecule is CCCOc1c(Br)cc(C(=O)N(C)Cc2cnn(-c3ccccc3)c2)cc1OC. The molecule has 1 aromatic heterocycles. The molecule has 2 aromatic carbocycles. The van der Waals surface area contributed by atoms with Crippen molar-refractivity contribution in [2.24, 2.45) is 0 Å². The number of hydrogen-bond acceptors (Lipinski definition) is 4. The molecule has 1 amide bonds. The molecule has 0 N–H and O–H groups in total. The Labute approximate surface area is 179 Å². The van der Waals surface area contributed by atoms with E-state index in [4.69, 9.17) is 9.47 Å². The number of methoxy groups -OCH3 is 1. The van der Waals surface area contributed by atoms with Crippen molar-refractivity contribution < 1.29 is 14.3 Å². The van der Waals surface area contributed by atoms with Crippen LogP contribution in [0.2, 0.25) is 0 Å². The summed E-state index contributed by atoms with van der Waals surface area (Å²) < 4.78 is 13.7. The van der Waals surface area contributed by atoms with Crippen molar-refractivity contribution in [1.29, 1.82) is 0 Å². The van der Waals surface area contributed by atoms with Crippen LogP contribution in [0.15, 0.2) is 59.3 Å². The molecule has 29 heavy (non-hydrogen) atoms. The maximum atomic E-state index is 13.0. The van der Waals surface area contributed by atoms with Crippen molar-refractivity contribution in [3.05, 3.63) is 70.5 Å². The van der Waals surface area contributed by atoms with Gasteiger partial charge in [0.05, 0.1) is 30.1 Å². The Morgan fingerprint density at radius 2 is 2.00 bits per heavy atom. The fourth-order valence-corrected chi connectivity index (χ4v) is 3.47. The first kappa shape index (κ1) is 20.9. The van der Waals surface area contributed by atoms with Gasteiger partial charge in [0.1, 0.15) is 0 Å². The molecule has 3 aromatic rings. The van der Waals surface area contributed by atoms with Gasteiger partial charge in [-0.2, -0.15) is 5.10 Å². The summed E-state index contributed by atoms with van der Waals surface area (Å²) in [7, 11) is 3.33. The molecule has 0 unspecified atom stereocenters. The van der Waals surface area contributed by atoms with E-state index in [9.17, 15) is 4.79 Å². The number of ether oxygens (including phenoxy) is 2. The maximum Gasteiger partial charge on any atom is 0.254 e. The van der Waals surface area contributed by atoms with Crippen molar-refractivity contribution in [2.45, 2.75) is 19.9 Å². The van der Waals surface area contributed by atoms with E-state index in [1.165, 1.54) is 0 Å². The van der Waals surface area contributed by atoms with Crippen LogP contribution in [0.3, 0.4) is 0 Å². The summed E-state index contributed by atoms with van der Waals surface area (Å²) in [5, 5.41) is 4.39. The number of amides is 1. The molecule has 0 fully saturated rings. The summed E-state index contributed by atoms with van der Waals surface area (Å²) in [6.07, 6.45) is 4.59. The molecule has 0 bridgehead atoms. The molecule has 3 rings (SSSR count). The largest absolute Gasteiger partial charge is 0.493 e. The van der Waals surface area contributed by atoms with E-state index in [1.54, 1.807) is 42.1 Å². The third kappa shape index (κ3) is 4.98. The number of carbonyl (C=O) groups is 1. The Morgan fingerprint density at radius 3 is 2.69 bits per heavy atom. The fourth-order valence-electron chi connectivity index (χ4n) is 2.92. The minimum absolute atomic E-state index is 0.112. The number of rotatable bonds is 8. The summed E-state index contributed by atoms with van der Waals surface area (Å²) in [5.41, 5.74) is 2.44. The molecule has 0 aliphatic rings. The number of benzene rings is 2. The van der Waals surface area contributed by atoms with Crippen LogP contribution in [0.5, 0.6) is 11.5 Å². The minimum Gasteiger partial charge on any atom is -0.493 e. The zero-order chi connectivity index (χ0) is 20.8. The molecule has 0 radical (unpaired) electrons. The van der Waals surface area contributed by atoms with Gasteiger partial charge >= 0.3 is 0 Å². The van der Waals surface area contributed by atoms with Gasteiger partial charge in [-0.05, 0) is 46.6 Å². The van der Waals surface area contributed by atoms with Crippen molar-refractivity contribution in [3.63, 3.8) is 0 Å². The third-order valence-corrected chi connectivity index (χ3v) is 4.94. The number of aromatic nitrogens is 2. The average Bonchev–Trinajstić information content (AvgIpc) is 3.20. The highest BCUT2D eigenvalue weighted by molar-refractivity contribution is 9.10. The van der Waals surface area contributed by atoms with Crippen LogP contribution in [0.4, 0.5) is 0 Å². The predicted octanol–water partition coefficient (Wildman–Crippen LogP) is 4.70. The van der Waals surface area contributed by atoms with Gasteiger partial charge in [-0.25, -0.2) is 4.68 Å². The number of para-hydroxylation sites is 1. The first-order valence-corrected chi connectivity index (χ1v) is 10.2. The van der Waals surface area contributed by atoms with Gasteiger partial charge in [-0.1, -0.05) is 25.1 Å². The molecule has 1 heterocycles. The van der Waals surface area contributed by atoms with Crippen molar-refractivity contribution >= 4 is 21.8 Å². The minimum atomic E-state index is -0.112. The maximum absolute atomic E-state index is 13.0. The van der Waals surface area contributed by atoms with Gasteiger partial charge in [-0.15, -0.1) is 0 Å². The van der Waals surface area contributed by atoms with Gasteiger partial charge in [0, 0.05) is 30.9 Å². The Bertz CT molecular complexity index is 973. The van der Waals surface area contributed by atoms with Crippen LogP contribution in [-0.2, 0) is 6.54 Å². The van der Waals surface area contributed by atoms with Crippen molar-refractivity contribution in [2.75, 3.05) is 20.8 Å². The lowest BCUT2D eigenvalue weighted by atomic mass is 10.1. The van der Waals surface area contributed by atoms with Crippen LogP contribution < -0.4 is 9.47 Å². The van der Waals surface area contributed by atoms with Crippen LogP contribution in [0.1, 0.15) is 29.3 Å². The van der Waals surface area contributed by atoms with E-state index in [2.05, 4.69) is 21.0 Å². The van der Waals surface area contributed by atoms with Gasteiger partial charge in [0.2, 0.25) is 0 Å². The highest BCUT2D eigenvalue weighted by Gasteiger charge is 2.19. The monoisotopic (exact) mass is 457 g/mol. The molecule has 6 nitrogen and oxygen atoms in total. The second-order valence-electron chi connectivity index (χ2n) is 6.63. The zero-order valence-corrected chi connectivity index (χ0v) is 18.3. The van der Waals surface area contributed by atoms with Crippen molar-refractivity contribution in [1.82, 2.24) is 14.7 Å². The molecule has 0 aliphatic carbocycles. The van der Waals surface area contributed by atoms with Gasteiger partial charge in [0.25, 0.3) is 5.91 Å². The lowest BCUT2D eigenvalue weighted by Gasteiger charge is -2.18. The fraction of sp³-hybridized carbons (Fsp3) is 0.273. The molecule has 0 spiro atoms. The van der Waals surface area contributed by atoms with E-state index in [-0.39, 0.29) is 5.91 Å². The van der Waals surface area contributed by atoms with Crippen LogP contribution in [-0.4, -0.2) is 41.4 Å². The number of carbonyl (C=O) groups excluding carboxylic acids is 1. The highest BCUT2D eigenvalue weighted by atomic mass is 79.9. The summed E-state index contributed by atoms with van der Waals surface area (Å²) in [4.78, 5) is 14.6. The highest BCUT2D eigenvalue weighted by Crippen LogP contribution is 2.37. The average molecular weight is 458 g/mol. The van der Waals surface area contributed by atoms with Crippen LogP contribution >= 0.6 is 15.9 Å². The summed E-state index contributed by atoms with van der Waals surface area (Å²) in [5.74, 6) is 1.03. The molecular formula is C22H24BrN3O3. The van der Waals surface area contributed by atoms with E-state index in [1.807, 2.05) is 43.5 Å². The number of nitrogens with zero attached hydrogens (tertiary/aromatic N) is 3. The molecule has 152 valence electrons. The quantitative estimate of drug-likeness (QED) is 0.491. The predicted molar refractivity (Wildman–Crippen MR) is 116 cm³/mol. The molecule has 0 atom stereocenters. The Balaban J connectivity index is 1.75. The standard InChI is InChI=1S/C22H24BrN3O3/c1-4-10-29-21-19(23)11-17(12-20(21)28-3)22(27)25(2)14-16-13-24-26(15-16)18-8-6-5-7-9-18/h5-9,11-13,15H,4,10,14H2,1-3H3. The topological polar surface area (TPSA) is 56.6 Å². The number of hydrogen-bond donors (Lipinski definition) is 0. The van der Waals surface area contributed by atoms with Gasteiger partial charge in [0.15, 0.2) is 11.5 Å². The van der Waals surface area contributed by atoms with Crippen LogP contribution in [0.25, 0.3) is 5.69 Å². The van der Waals surface area contributed by atoms with E-state index in [0.717, 1.165) is 17.7 Å². The smallest absolute Gasteiger partial charge is 0.254 e. The summed E-state index contributed by atoms with van der Waals surface area (Å²) in [6, 6.07) is 13.3. The Hall–Kier alpha value is -2.80. The molecular weight excluding hydrogens is 434 g/mol. The van der Waals surface area contributed by atoms with Gasteiger partial charge in [-0.3, -0.25) is 4.79 Å². The number of halogens is 1. The van der Waals surface area contributed by atoms with Crippen molar-refractivity contribution in [3.8, 4) is 17.2 Å². The second kappa shape index (κ2) is 9.60. The lowest BCUT2D eigenvalue weighted by Crippen LogP contribution is -2.26. The Kier molecular flexibility index (Phi) is 6.93. The summed E-state index contributed by atoms with van der Waals surface area (Å²) >= 11 is 3.49. The van der Waals surface area contributed by atoms with E-state index < -0.39 is 0 Å². The zero-order valence-electron chi connectivity index (χ0n) is 16.8. The normalized spacial score (nSPS) is 10.6. The second-order valence-corrected chi connectivity index (χ2v) is 7.48. The van der Waals surface area contributed by atoms with Gasteiger partial charge < -0.3 is 14.4 Å². The molecule has 7 heteroatoms. The van der Waals surface area contributed by atoms with E-state index >= 15 is 0 Å². The Morgan fingerprint density at radius 1 is 1.24 bits per heavy atom. The summed E-state index contributed by atoms with van der Waals surface area (Å²) in [6.45, 7) is 3.06. The molecule has 0 saturated heterocycles. The lowest BCUT2D eigenvalue weighted by molar-refractivity contribution is 0.0784. The van der Waals surface area contributed by atoms with E-state index in [0.29, 0.717) is 34.7 Å². The first-order valence-electron chi connectivity index (χ1n) is 9.38. The van der Waals surface area contributed by atoms with Crippen LogP contribution in [0, 0.1) is 0 Å². The third-order valence-electron chi connectivity index (χ3n) is 4.35. The molecule has 0 saturated carbocycles. The first-order chi connectivity index (χ1) is 14.0.